The number of ether oxygens (including phenoxy) is 1. The number of anilines is 2. The number of alkyl halides is 3. The first-order chi connectivity index (χ1) is 11.9. The van der Waals surface area contributed by atoms with Crippen LogP contribution in [0.5, 0.6) is 5.75 Å². The molecule has 4 nitrogen and oxygen atoms in total. The molecule has 0 spiro atoms. The average Bonchev–Trinajstić information content (AvgIpc) is 2.59. The summed E-state index contributed by atoms with van der Waals surface area (Å²) in [5.74, 6) is -0.0439. The van der Waals surface area contributed by atoms with Gasteiger partial charge < -0.3 is 15.4 Å². The maximum atomic E-state index is 12.5. The Bertz CT molecular complexity index is 773. The molecule has 0 saturated carbocycles. The molecule has 1 aliphatic rings. The Hall–Kier alpha value is -2.70. The second-order valence-corrected chi connectivity index (χ2v) is 5.80. The SMILES string of the molecule is Nc1cccc2c1CCCN2C(=O)COc1ccc(C(F)(F)F)cc1. The number of rotatable bonds is 3. The molecule has 0 aliphatic carbocycles. The number of benzene rings is 2. The first-order valence-corrected chi connectivity index (χ1v) is 7.84. The van der Waals surface area contributed by atoms with Gasteiger partial charge in [0, 0.05) is 17.9 Å². The van der Waals surface area contributed by atoms with Gasteiger partial charge in [0.05, 0.1) is 5.56 Å². The number of fused-ring (bicyclic) bond motifs is 1. The summed E-state index contributed by atoms with van der Waals surface area (Å²) in [7, 11) is 0. The van der Waals surface area contributed by atoms with E-state index in [2.05, 4.69) is 0 Å². The van der Waals surface area contributed by atoms with Crippen LogP contribution in [0.2, 0.25) is 0 Å². The molecule has 2 aromatic rings. The van der Waals surface area contributed by atoms with Crippen molar-refractivity contribution in [2.45, 2.75) is 19.0 Å². The maximum absolute atomic E-state index is 12.5. The summed E-state index contributed by atoms with van der Waals surface area (Å²) < 4.78 is 43.0. The Morgan fingerprint density at radius 1 is 1.16 bits per heavy atom. The zero-order chi connectivity index (χ0) is 18.0. The van der Waals surface area contributed by atoms with Gasteiger partial charge in [-0.25, -0.2) is 0 Å². The molecule has 0 fully saturated rings. The highest BCUT2D eigenvalue weighted by Crippen LogP contribution is 2.32. The summed E-state index contributed by atoms with van der Waals surface area (Å²) in [6.45, 7) is 0.311. The van der Waals surface area contributed by atoms with Crippen molar-refractivity contribution in [1.29, 1.82) is 0 Å². The van der Waals surface area contributed by atoms with Crippen molar-refractivity contribution in [3.63, 3.8) is 0 Å². The number of carbonyl (C=O) groups is 1. The Balaban J connectivity index is 1.67. The fraction of sp³-hybridized carbons (Fsp3) is 0.278. The normalized spacial score (nSPS) is 14.1. The fourth-order valence-electron chi connectivity index (χ4n) is 2.87. The van der Waals surface area contributed by atoms with Crippen LogP contribution in [0.3, 0.4) is 0 Å². The predicted molar refractivity (Wildman–Crippen MR) is 88.5 cm³/mol. The summed E-state index contributed by atoms with van der Waals surface area (Å²) in [6.07, 6.45) is -2.79. The first-order valence-electron chi connectivity index (χ1n) is 7.84. The molecule has 0 aromatic heterocycles. The van der Waals surface area contributed by atoms with E-state index in [-0.39, 0.29) is 18.3 Å². The molecular formula is C18H17F3N2O2. The van der Waals surface area contributed by atoms with E-state index in [4.69, 9.17) is 10.5 Å². The lowest BCUT2D eigenvalue weighted by Gasteiger charge is -2.30. The zero-order valence-electron chi connectivity index (χ0n) is 13.3. The molecule has 1 heterocycles. The number of hydrogen-bond donors (Lipinski definition) is 1. The van der Waals surface area contributed by atoms with Crippen LogP contribution in [-0.4, -0.2) is 19.1 Å². The Labute approximate surface area is 143 Å². The number of carbonyl (C=O) groups excluding carboxylic acids is 1. The predicted octanol–water partition coefficient (Wildman–Crippen LogP) is 3.65. The molecule has 132 valence electrons. The number of nitrogens with zero attached hydrogens (tertiary/aromatic N) is 1. The third-order valence-electron chi connectivity index (χ3n) is 4.13. The van der Waals surface area contributed by atoms with Crippen molar-refractivity contribution < 1.29 is 22.7 Å². The second-order valence-electron chi connectivity index (χ2n) is 5.80. The molecule has 0 saturated heterocycles. The van der Waals surface area contributed by atoms with Gasteiger partial charge in [-0.3, -0.25) is 4.79 Å². The number of nitrogens with two attached hydrogens (primary N) is 1. The molecule has 1 amide bonds. The minimum absolute atomic E-state index is 0.214. The number of amides is 1. The van der Waals surface area contributed by atoms with Crippen molar-refractivity contribution in [1.82, 2.24) is 0 Å². The van der Waals surface area contributed by atoms with E-state index in [1.165, 1.54) is 12.1 Å². The zero-order valence-corrected chi connectivity index (χ0v) is 13.3. The molecular weight excluding hydrogens is 333 g/mol. The molecule has 2 N–H and O–H groups in total. The van der Waals surface area contributed by atoms with Gasteiger partial charge in [-0.1, -0.05) is 6.07 Å². The quantitative estimate of drug-likeness (QED) is 0.860. The van der Waals surface area contributed by atoms with Crippen LogP contribution in [0.4, 0.5) is 24.5 Å². The first kappa shape index (κ1) is 17.1. The van der Waals surface area contributed by atoms with Crippen LogP contribution in [0.1, 0.15) is 17.5 Å². The van der Waals surface area contributed by atoms with Crippen LogP contribution >= 0.6 is 0 Å². The number of halogens is 3. The monoisotopic (exact) mass is 350 g/mol. The third-order valence-corrected chi connectivity index (χ3v) is 4.13. The van der Waals surface area contributed by atoms with Gasteiger partial charge in [-0.05, 0) is 54.8 Å². The van der Waals surface area contributed by atoms with E-state index in [9.17, 15) is 18.0 Å². The van der Waals surface area contributed by atoms with Gasteiger partial charge >= 0.3 is 6.18 Å². The van der Waals surface area contributed by atoms with Crippen LogP contribution in [0.15, 0.2) is 42.5 Å². The number of nitrogen functional groups attached to an aromatic ring is 1. The maximum Gasteiger partial charge on any atom is 0.416 e. The summed E-state index contributed by atoms with van der Waals surface area (Å²) in [5.41, 5.74) is 7.56. The lowest BCUT2D eigenvalue weighted by atomic mass is 10.00. The summed E-state index contributed by atoms with van der Waals surface area (Å²) in [5, 5.41) is 0. The Kier molecular flexibility index (Phi) is 4.57. The second kappa shape index (κ2) is 6.66. The van der Waals surface area contributed by atoms with Crippen molar-refractivity contribution in [3.05, 3.63) is 53.6 Å². The molecule has 0 bridgehead atoms. The number of hydrogen-bond acceptors (Lipinski definition) is 3. The molecule has 25 heavy (non-hydrogen) atoms. The van der Waals surface area contributed by atoms with Crippen LogP contribution in [0, 0.1) is 0 Å². The highest BCUT2D eigenvalue weighted by atomic mass is 19.4. The van der Waals surface area contributed by atoms with E-state index in [1.54, 1.807) is 17.0 Å². The highest BCUT2D eigenvalue weighted by molar-refractivity contribution is 5.96. The molecule has 0 radical (unpaired) electrons. The van der Waals surface area contributed by atoms with Crippen molar-refractivity contribution in [2.75, 3.05) is 23.8 Å². The molecule has 3 rings (SSSR count). The average molecular weight is 350 g/mol. The molecule has 7 heteroatoms. The lowest BCUT2D eigenvalue weighted by Crippen LogP contribution is -2.38. The molecule has 2 aromatic carbocycles. The van der Waals surface area contributed by atoms with Crippen LogP contribution in [-0.2, 0) is 17.4 Å². The van der Waals surface area contributed by atoms with Gasteiger partial charge in [0.15, 0.2) is 6.61 Å². The van der Waals surface area contributed by atoms with Crippen LogP contribution in [0.25, 0.3) is 0 Å². The van der Waals surface area contributed by atoms with Gasteiger partial charge in [0.2, 0.25) is 0 Å². The van der Waals surface area contributed by atoms with Crippen molar-refractivity contribution in [3.8, 4) is 5.75 Å². The molecule has 0 unspecified atom stereocenters. The third kappa shape index (κ3) is 3.70. The minimum Gasteiger partial charge on any atom is -0.484 e. The topological polar surface area (TPSA) is 55.6 Å². The smallest absolute Gasteiger partial charge is 0.416 e. The summed E-state index contributed by atoms with van der Waals surface area (Å²) in [6, 6.07) is 9.69. The summed E-state index contributed by atoms with van der Waals surface area (Å²) >= 11 is 0. The van der Waals surface area contributed by atoms with Gasteiger partial charge in [-0.2, -0.15) is 13.2 Å². The molecule has 1 aliphatic heterocycles. The van der Waals surface area contributed by atoms with Gasteiger partial charge in [-0.15, -0.1) is 0 Å². The Morgan fingerprint density at radius 2 is 1.88 bits per heavy atom. The highest BCUT2D eigenvalue weighted by Gasteiger charge is 2.30. The standard InChI is InChI=1S/C18H17F3N2O2/c19-18(20,21)12-6-8-13(9-7-12)25-11-17(24)23-10-2-3-14-15(22)4-1-5-16(14)23/h1,4-9H,2-3,10-11,22H2. The van der Waals surface area contributed by atoms with E-state index in [0.29, 0.717) is 12.2 Å². The van der Waals surface area contributed by atoms with Crippen LogP contribution < -0.4 is 15.4 Å². The van der Waals surface area contributed by atoms with Gasteiger partial charge in [0.1, 0.15) is 5.75 Å². The van der Waals surface area contributed by atoms with Crippen molar-refractivity contribution >= 4 is 17.3 Å². The minimum atomic E-state index is -4.40. The van der Waals surface area contributed by atoms with E-state index in [0.717, 1.165) is 36.2 Å². The van der Waals surface area contributed by atoms with E-state index in [1.807, 2.05) is 6.07 Å². The largest absolute Gasteiger partial charge is 0.484 e. The summed E-state index contributed by atoms with van der Waals surface area (Å²) in [4.78, 5) is 14.1. The van der Waals surface area contributed by atoms with E-state index >= 15 is 0 Å². The Morgan fingerprint density at radius 3 is 2.56 bits per heavy atom. The fourth-order valence-corrected chi connectivity index (χ4v) is 2.87. The van der Waals surface area contributed by atoms with Crippen molar-refractivity contribution in [2.24, 2.45) is 0 Å². The van der Waals surface area contributed by atoms with E-state index < -0.39 is 11.7 Å². The van der Waals surface area contributed by atoms with Gasteiger partial charge in [0.25, 0.3) is 5.91 Å². The lowest BCUT2D eigenvalue weighted by molar-refractivity contribution is -0.137. The molecule has 0 atom stereocenters.